The molecule has 0 amide bonds. The monoisotopic (exact) mass is 206 g/mol. The maximum Gasteiger partial charge on any atom is -0.0167 e. The summed E-state index contributed by atoms with van der Waals surface area (Å²) < 4.78 is 0. The minimum atomic E-state index is 0.615. The van der Waals surface area contributed by atoms with Crippen LogP contribution in [0.5, 0.6) is 0 Å². The zero-order valence-electron chi connectivity index (χ0n) is 10.8. The number of hydrogen-bond donors (Lipinski definition) is 0. The van der Waals surface area contributed by atoms with E-state index in [2.05, 4.69) is 33.8 Å². The summed E-state index contributed by atoms with van der Waals surface area (Å²) >= 11 is 0. The van der Waals surface area contributed by atoms with Crippen LogP contribution in [0.1, 0.15) is 59.8 Å². The summed E-state index contributed by atoms with van der Waals surface area (Å²) in [6.07, 6.45) is 9.58. The van der Waals surface area contributed by atoms with Crippen molar-refractivity contribution in [2.45, 2.75) is 59.8 Å². The van der Waals surface area contributed by atoms with Crippen LogP contribution in [0.4, 0.5) is 0 Å². The maximum atomic E-state index is 2.52. The van der Waals surface area contributed by atoms with Crippen LogP contribution in [0.25, 0.3) is 0 Å². The lowest BCUT2D eigenvalue weighted by Gasteiger charge is -2.53. The molecule has 0 aromatic carbocycles. The van der Waals surface area contributed by atoms with Gasteiger partial charge in [-0.15, -0.1) is 0 Å². The molecule has 0 aromatic rings. The third-order valence-corrected chi connectivity index (χ3v) is 4.92. The van der Waals surface area contributed by atoms with Crippen LogP contribution >= 0.6 is 0 Å². The van der Waals surface area contributed by atoms with Crippen LogP contribution < -0.4 is 0 Å². The summed E-state index contributed by atoms with van der Waals surface area (Å²) in [5.41, 5.74) is 2.30. The molecule has 1 fully saturated rings. The Hall–Kier alpha value is -0.260. The molecule has 0 saturated heterocycles. The zero-order chi connectivity index (χ0) is 11.1. The van der Waals surface area contributed by atoms with Crippen LogP contribution in [0.2, 0.25) is 0 Å². The largest absolute Gasteiger partial charge is 0.0853 e. The van der Waals surface area contributed by atoms with Gasteiger partial charge in [-0.25, -0.2) is 0 Å². The molecule has 0 spiro atoms. The van der Waals surface area contributed by atoms with Crippen molar-refractivity contribution in [2.24, 2.45) is 23.2 Å². The molecule has 2 rings (SSSR count). The highest BCUT2D eigenvalue weighted by atomic mass is 14.5. The topological polar surface area (TPSA) is 0 Å². The van der Waals surface area contributed by atoms with Gasteiger partial charge in [-0.2, -0.15) is 0 Å². The summed E-state index contributed by atoms with van der Waals surface area (Å²) in [6, 6.07) is 0. The van der Waals surface area contributed by atoms with E-state index in [1.807, 2.05) is 0 Å². The van der Waals surface area contributed by atoms with Gasteiger partial charge in [0.1, 0.15) is 0 Å². The van der Waals surface area contributed by atoms with Crippen LogP contribution in [-0.4, -0.2) is 0 Å². The number of fused-ring (bicyclic) bond motifs is 1. The minimum absolute atomic E-state index is 0.615. The first-order valence-corrected chi connectivity index (χ1v) is 6.67. The lowest BCUT2D eigenvalue weighted by Crippen LogP contribution is -2.44. The zero-order valence-corrected chi connectivity index (χ0v) is 10.8. The first-order valence-electron chi connectivity index (χ1n) is 6.67. The van der Waals surface area contributed by atoms with Gasteiger partial charge in [0, 0.05) is 0 Å². The molecule has 3 unspecified atom stereocenters. The maximum absolute atomic E-state index is 2.52. The van der Waals surface area contributed by atoms with E-state index in [1.54, 1.807) is 5.57 Å². The fourth-order valence-corrected chi connectivity index (χ4v) is 3.67. The predicted octanol–water partition coefficient (Wildman–Crippen LogP) is 4.81. The number of allylic oxidation sites excluding steroid dienone is 2. The van der Waals surface area contributed by atoms with Gasteiger partial charge >= 0.3 is 0 Å². The Morgan fingerprint density at radius 3 is 2.60 bits per heavy atom. The Morgan fingerprint density at radius 1 is 1.20 bits per heavy atom. The number of hydrogen-bond acceptors (Lipinski definition) is 0. The highest BCUT2D eigenvalue weighted by molar-refractivity contribution is 5.14. The first kappa shape index (κ1) is 11.2. The van der Waals surface area contributed by atoms with Gasteiger partial charge in [0.05, 0.1) is 0 Å². The lowest BCUT2D eigenvalue weighted by molar-refractivity contribution is 0.00124. The standard InChI is InChI=1S/C15H26/c1-11-6-5-7-12(2)13-10-15(3,4)14(13)9-8-11/h7,11,13-14H,5-6,8-10H2,1-4H3/b12-7+. The molecular formula is C15H26. The lowest BCUT2D eigenvalue weighted by atomic mass is 9.52. The molecular weight excluding hydrogens is 180 g/mol. The quantitative estimate of drug-likeness (QED) is 0.499. The van der Waals surface area contributed by atoms with Gasteiger partial charge < -0.3 is 0 Å². The molecule has 0 radical (unpaired) electrons. The second kappa shape index (κ2) is 3.96. The minimum Gasteiger partial charge on any atom is -0.0853 e. The van der Waals surface area contributed by atoms with E-state index in [9.17, 15) is 0 Å². The third kappa shape index (κ3) is 2.14. The van der Waals surface area contributed by atoms with Crippen molar-refractivity contribution in [2.75, 3.05) is 0 Å². The molecule has 0 aromatic heterocycles. The van der Waals surface area contributed by atoms with Gasteiger partial charge in [-0.05, 0) is 55.8 Å². The normalized spacial score (nSPS) is 43.7. The van der Waals surface area contributed by atoms with E-state index >= 15 is 0 Å². The van der Waals surface area contributed by atoms with E-state index in [4.69, 9.17) is 0 Å². The molecule has 0 bridgehead atoms. The summed E-state index contributed by atoms with van der Waals surface area (Å²) in [5.74, 6) is 2.82. The van der Waals surface area contributed by atoms with E-state index in [1.165, 1.54) is 32.1 Å². The molecule has 0 heterocycles. The van der Waals surface area contributed by atoms with Crippen molar-refractivity contribution in [3.63, 3.8) is 0 Å². The van der Waals surface area contributed by atoms with Crippen LogP contribution in [-0.2, 0) is 0 Å². The number of rotatable bonds is 0. The third-order valence-electron chi connectivity index (χ3n) is 4.92. The molecule has 86 valence electrons. The Kier molecular flexibility index (Phi) is 2.96. The van der Waals surface area contributed by atoms with Crippen LogP contribution in [0.3, 0.4) is 0 Å². The van der Waals surface area contributed by atoms with Gasteiger partial charge in [0.25, 0.3) is 0 Å². The Balaban J connectivity index is 2.11. The molecule has 1 saturated carbocycles. The van der Waals surface area contributed by atoms with Crippen molar-refractivity contribution < 1.29 is 0 Å². The summed E-state index contributed by atoms with van der Waals surface area (Å²) in [7, 11) is 0. The molecule has 3 atom stereocenters. The van der Waals surface area contributed by atoms with Crippen LogP contribution in [0, 0.1) is 23.2 Å². The Labute approximate surface area is 95.1 Å². The molecule has 2 aliphatic carbocycles. The van der Waals surface area contributed by atoms with Crippen molar-refractivity contribution >= 4 is 0 Å². The second-order valence-electron chi connectivity index (χ2n) is 6.61. The molecule has 2 aliphatic rings. The van der Waals surface area contributed by atoms with Crippen molar-refractivity contribution in [1.82, 2.24) is 0 Å². The summed E-state index contributed by atoms with van der Waals surface area (Å²) in [6.45, 7) is 9.71. The van der Waals surface area contributed by atoms with Gasteiger partial charge in [0.2, 0.25) is 0 Å². The fraction of sp³-hybridized carbons (Fsp3) is 0.867. The predicted molar refractivity (Wildman–Crippen MR) is 66.8 cm³/mol. The van der Waals surface area contributed by atoms with Gasteiger partial charge in [0.15, 0.2) is 0 Å². The van der Waals surface area contributed by atoms with E-state index in [0.29, 0.717) is 5.41 Å². The van der Waals surface area contributed by atoms with Gasteiger partial charge in [-0.3, -0.25) is 0 Å². The highest BCUT2D eigenvalue weighted by Gasteiger charge is 2.47. The Morgan fingerprint density at radius 2 is 1.93 bits per heavy atom. The average molecular weight is 206 g/mol. The van der Waals surface area contributed by atoms with Crippen molar-refractivity contribution in [3.05, 3.63) is 11.6 Å². The van der Waals surface area contributed by atoms with Crippen molar-refractivity contribution in [3.8, 4) is 0 Å². The SMILES string of the molecule is C/C1=C\CCC(C)CCC2C1CC2(C)C. The van der Waals surface area contributed by atoms with E-state index in [0.717, 1.165) is 17.8 Å². The van der Waals surface area contributed by atoms with Gasteiger partial charge in [-0.1, -0.05) is 38.8 Å². The fourth-order valence-electron chi connectivity index (χ4n) is 3.67. The molecule has 0 heteroatoms. The molecule has 0 nitrogen and oxygen atoms in total. The van der Waals surface area contributed by atoms with Crippen molar-refractivity contribution in [1.29, 1.82) is 0 Å². The molecule has 0 aliphatic heterocycles. The summed E-state index contributed by atoms with van der Waals surface area (Å²) in [5, 5.41) is 0. The smallest absolute Gasteiger partial charge is 0.0167 e. The highest BCUT2D eigenvalue weighted by Crippen LogP contribution is 2.56. The van der Waals surface area contributed by atoms with E-state index in [-0.39, 0.29) is 0 Å². The molecule has 15 heavy (non-hydrogen) atoms. The summed E-state index contributed by atoms with van der Waals surface area (Å²) in [4.78, 5) is 0. The van der Waals surface area contributed by atoms with E-state index < -0.39 is 0 Å². The second-order valence-corrected chi connectivity index (χ2v) is 6.61. The van der Waals surface area contributed by atoms with Crippen LogP contribution in [0.15, 0.2) is 11.6 Å². The molecule has 0 N–H and O–H groups in total. The first-order chi connectivity index (χ1) is 7.00. The average Bonchev–Trinajstić information content (AvgIpc) is 2.18. The Bertz CT molecular complexity index is 259.